The Hall–Kier alpha value is -0.380. The maximum Gasteiger partial charge on any atom is 0.0318 e. The molecule has 1 atom stereocenters. The monoisotopic (exact) mass is 336 g/mol. The van der Waals surface area contributed by atoms with Crippen LogP contribution in [0.25, 0.3) is 0 Å². The summed E-state index contributed by atoms with van der Waals surface area (Å²) in [5.74, 6) is 1.96. The molecule has 1 aromatic carbocycles. The summed E-state index contributed by atoms with van der Waals surface area (Å²) >= 11 is 3.61. The van der Waals surface area contributed by atoms with E-state index in [1.54, 1.807) is 0 Å². The van der Waals surface area contributed by atoms with Crippen molar-refractivity contribution in [1.29, 1.82) is 0 Å². The SMILES string of the molecule is NC(CCN(CC1CC1)CC1CC1)c1ccccc1Br. The minimum Gasteiger partial charge on any atom is -0.324 e. The molecule has 0 aromatic heterocycles. The highest BCUT2D eigenvalue weighted by Gasteiger charge is 2.29. The molecule has 2 N–H and O–H groups in total. The van der Waals surface area contributed by atoms with E-state index in [2.05, 4.69) is 39.0 Å². The van der Waals surface area contributed by atoms with Crippen LogP contribution in [0.4, 0.5) is 0 Å². The predicted octanol–water partition coefficient (Wildman–Crippen LogP) is 3.96. The standard InChI is InChI=1S/C17H25BrN2/c18-16-4-2-1-3-15(16)17(19)9-10-20(11-13-5-6-13)12-14-7-8-14/h1-4,13-14,17H,5-12,19H2. The van der Waals surface area contributed by atoms with Crippen molar-refractivity contribution in [3.63, 3.8) is 0 Å². The van der Waals surface area contributed by atoms with Crippen molar-refractivity contribution in [2.45, 2.75) is 38.1 Å². The van der Waals surface area contributed by atoms with E-state index in [4.69, 9.17) is 5.73 Å². The second kappa shape index (κ2) is 6.59. The van der Waals surface area contributed by atoms with E-state index in [9.17, 15) is 0 Å². The van der Waals surface area contributed by atoms with Crippen LogP contribution in [0.5, 0.6) is 0 Å². The summed E-state index contributed by atoms with van der Waals surface area (Å²) in [4.78, 5) is 2.67. The molecule has 0 bridgehead atoms. The molecule has 2 saturated carbocycles. The molecule has 2 nitrogen and oxygen atoms in total. The van der Waals surface area contributed by atoms with Crippen LogP contribution < -0.4 is 5.73 Å². The van der Waals surface area contributed by atoms with Crippen LogP contribution in [-0.2, 0) is 0 Å². The molecule has 0 amide bonds. The Morgan fingerprint density at radius 1 is 1.10 bits per heavy atom. The summed E-state index contributed by atoms with van der Waals surface area (Å²) < 4.78 is 1.14. The van der Waals surface area contributed by atoms with Crippen molar-refractivity contribution in [3.05, 3.63) is 34.3 Å². The van der Waals surface area contributed by atoms with Crippen LogP contribution in [0.3, 0.4) is 0 Å². The second-order valence-electron chi connectivity index (χ2n) is 6.56. The van der Waals surface area contributed by atoms with Gasteiger partial charge in [-0.2, -0.15) is 0 Å². The maximum atomic E-state index is 6.38. The van der Waals surface area contributed by atoms with E-state index >= 15 is 0 Å². The van der Waals surface area contributed by atoms with Crippen molar-refractivity contribution in [3.8, 4) is 0 Å². The van der Waals surface area contributed by atoms with Gasteiger partial charge in [-0.3, -0.25) is 0 Å². The van der Waals surface area contributed by atoms with Gasteiger partial charge in [0.1, 0.15) is 0 Å². The van der Waals surface area contributed by atoms with Crippen LogP contribution in [0.15, 0.2) is 28.7 Å². The fourth-order valence-electron chi connectivity index (χ4n) is 2.84. The molecule has 0 spiro atoms. The Kier molecular flexibility index (Phi) is 4.79. The minimum atomic E-state index is 0.145. The number of nitrogens with zero attached hydrogens (tertiary/aromatic N) is 1. The molecule has 0 heterocycles. The molecule has 1 unspecified atom stereocenters. The molecule has 2 aliphatic rings. The van der Waals surface area contributed by atoms with Crippen LogP contribution in [-0.4, -0.2) is 24.5 Å². The number of hydrogen-bond acceptors (Lipinski definition) is 2. The molecular weight excluding hydrogens is 312 g/mol. The van der Waals surface area contributed by atoms with Gasteiger partial charge in [-0.1, -0.05) is 34.1 Å². The third kappa shape index (κ3) is 4.31. The summed E-state index contributed by atoms with van der Waals surface area (Å²) in [6.45, 7) is 3.76. The number of nitrogens with two attached hydrogens (primary N) is 1. The van der Waals surface area contributed by atoms with Gasteiger partial charge in [0.05, 0.1) is 0 Å². The van der Waals surface area contributed by atoms with E-state index in [0.717, 1.165) is 29.3 Å². The Morgan fingerprint density at radius 2 is 1.70 bits per heavy atom. The lowest BCUT2D eigenvalue weighted by Gasteiger charge is -2.24. The number of benzene rings is 1. The van der Waals surface area contributed by atoms with Crippen LogP contribution in [0.1, 0.15) is 43.7 Å². The first-order valence-electron chi connectivity index (χ1n) is 7.94. The van der Waals surface area contributed by atoms with Crippen LogP contribution >= 0.6 is 15.9 Å². The third-order valence-corrected chi connectivity index (χ3v) is 5.21. The van der Waals surface area contributed by atoms with Crippen molar-refractivity contribution in [2.24, 2.45) is 17.6 Å². The molecule has 2 aliphatic carbocycles. The Morgan fingerprint density at radius 3 is 2.25 bits per heavy atom. The summed E-state index contributed by atoms with van der Waals surface area (Å²) in [6, 6.07) is 8.49. The zero-order chi connectivity index (χ0) is 13.9. The van der Waals surface area contributed by atoms with Gasteiger partial charge < -0.3 is 10.6 Å². The maximum absolute atomic E-state index is 6.38. The van der Waals surface area contributed by atoms with Gasteiger partial charge in [0, 0.05) is 23.6 Å². The van der Waals surface area contributed by atoms with Gasteiger partial charge in [0.25, 0.3) is 0 Å². The van der Waals surface area contributed by atoms with Gasteiger partial charge in [-0.05, 0) is 62.1 Å². The fraction of sp³-hybridized carbons (Fsp3) is 0.647. The second-order valence-corrected chi connectivity index (χ2v) is 7.42. The largest absolute Gasteiger partial charge is 0.324 e. The molecule has 0 saturated heterocycles. The normalized spacial score (nSPS) is 20.4. The zero-order valence-electron chi connectivity index (χ0n) is 12.1. The van der Waals surface area contributed by atoms with E-state index in [1.807, 2.05) is 6.07 Å². The van der Waals surface area contributed by atoms with Crippen molar-refractivity contribution < 1.29 is 0 Å². The first-order valence-corrected chi connectivity index (χ1v) is 8.74. The lowest BCUT2D eigenvalue weighted by Crippen LogP contribution is -2.31. The molecule has 1 aromatic rings. The number of hydrogen-bond donors (Lipinski definition) is 1. The Bertz CT molecular complexity index is 426. The van der Waals surface area contributed by atoms with Gasteiger partial charge in [-0.15, -0.1) is 0 Å². The van der Waals surface area contributed by atoms with Gasteiger partial charge in [0.2, 0.25) is 0 Å². The zero-order valence-corrected chi connectivity index (χ0v) is 13.7. The van der Waals surface area contributed by atoms with Crippen LogP contribution in [0, 0.1) is 11.8 Å². The lowest BCUT2D eigenvalue weighted by atomic mass is 10.0. The molecule has 0 radical (unpaired) electrons. The summed E-state index contributed by atoms with van der Waals surface area (Å²) in [5.41, 5.74) is 7.62. The van der Waals surface area contributed by atoms with E-state index in [0.29, 0.717) is 0 Å². The Balaban J connectivity index is 1.51. The van der Waals surface area contributed by atoms with E-state index < -0.39 is 0 Å². The average molecular weight is 337 g/mol. The first-order chi connectivity index (χ1) is 9.72. The van der Waals surface area contributed by atoms with Crippen molar-refractivity contribution >= 4 is 15.9 Å². The highest BCUT2D eigenvalue weighted by atomic mass is 79.9. The molecule has 20 heavy (non-hydrogen) atoms. The minimum absolute atomic E-state index is 0.145. The molecule has 2 fully saturated rings. The topological polar surface area (TPSA) is 29.3 Å². The fourth-order valence-corrected chi connectivity index (χ4v) is 3.42. The quantitative estimate of drug-likeness (QED) is 0.778. The molecule has 3 rings (SSSR count). The summed E-state index contributed by atoms with van der Waals surface area (Å²) in [6.07, 6.45) is 6.83. The van der Waals surface area contributed by atoms with Gasteiger partial charge >= 0.3 is 0 Å². The van der Waals surface area contributed by atoms with Crippen LogP contribution in [0.2, 0.25) is 0 Å². The van der Waals surface area contributed by atoms with Crippen molar-refractivity contribution in [2.75, 3.05) is 19.6 Å². The Labute approximate surface area is 130 Å². The highest BCUT2D eigenvalue weighted by molar-refractivity contribution is 9.10. The highest BCUT2D eigenvalue weighted by Crippen LogP contribution is 2.34. The first kappa shape index (κ1) is 14.6. The predicted molar refractivity (Wildman–Crippen MR) is 87.6 cm³/mol. The van der Waals surface area contributed by atoms with Crippen molar-refractivity contribution in [1.82, 2.24) is 4.90 Å². The number of halogens is 1. The lowest BCUT2D eigenvalue weighted by molar-refractivity contribution is 0.243. The molecular formula is C17H25BrN2. The smallest absolute Gasteiger partial charge is 0.0318 e. The molecule has 110 valence electrons. The van der Waals surface area contributed by atoms with E-state index in [-0.39, 0.29) is 6.04 Å². The molecule has 3 heteroatoms. The molecule has 0 aliphatic heterocycles. The van der Waals surface area contributed by atoms with E-state index in [1.165, 1.54) is 44.3 Å². The number of rotatable bonds is 8. The van der Waals surface area contributed by atoms with Gasteiger partial charge in [-0.25, -0.2) is 0 Å². The van der Waals surface area contributed by atoms with Gasteiger partial charge in [0.15, 0.2) is 0 Å². The average Bonchev–Trinajstić information content (AvgIpc) is 3.32. The third-order valence-electron chi connectivity index (χ3n) is 4.49. The summed E-state index contributed by atoms with van der Waals surface area (Å²) in [5, 5.41) is 0. The summed E-state index contributed by atoms with van der Waals surface area (Å²) in [7, 11) is 0.